The molecule has 0 saturated heterocycles. The number of pyridine rings is 1. The zero-order valence-corrected chi connectivity index (χ0v) is 17.1. The summed E-state index contributed by atoms with van der Waals surface area (Å²) in [5, 5.41) is 8.86. The first-order valence-electron chi connectivity index (χ1n) is 9.53. The number of hydrogen-bond donors (Lipinski definition) is 1. The van der Waals surface area contributed by atoms with E-state index in [1.807, 2.05) is 19.1 Å². The zero-order chi connectivity index (χ0) is 21.5. The minimum atomic E-state index is -0.438. The quantitative estimate of drug-likeness (QED) is 0.454. The molecule has 0 aliphatic carbocycles. The average molecular weight is 435 g/mol. The Morgan fingerprint density at radius 3 is 2.84 bits per heavy atom. The SMILES string of the molecule is C[C@H](Nc1ncnn2cncc12)c1cc2cccc(Cl)c2c(=O)n1-c1cccc(F)c1. The maximum atomic E-state index is 14.0. The van der Waals surface area contributed by atoms with Crippen LogP contribution in [0.1, 0.15) is 18.7 Å². The number of anilines is 1. The van der Waals surface area contributed by atoms with Gasteiger partial charge in [0, 0.05) is 5.69 Å². The Labute approximate surface area is 180 Å². The van der Waals surface area contributed by atoms with Crippen LogP contribution in [-0.4, -0.2) is 24.1 Å². The van der Waals surface area contributed by atoms with Gasteiger partial charge in [0.05, 0.1) is 28.3 Å². The highest BCUT2D eigenvalue weighted by atomic mass is 35.5. The molecule has 0 spiro atoms. The lowest BCUT2D eigenvalue weighted by Gasteiger charge is -2.21. The fourth-order valence-corrected chi connectivity index (χ4v) is 3.95. The van der Waals surface area contributed by atoms with Gasteiger partial charge in [-0.05, 0) is 42.6 Å². The molecule has 0 radical (unpaired) electrons. The van der Waals surface area contributed by atoms with Gasteiger partial charge in [-0.3, -0.25) is 9.36 Å². The standard InChI is InChI=1S/C22H16ClFN6O/c1-13(28-21-19-10-25-12-29(19)27-11-26-21)18-8-14-4-2-7-17(23)20(14)22(31)30(18)16-6-3-5-15(24)9-16/h2-13H,1H3,(H,26,27,28)/t13-/m0/s1. The van der Waals surface area contributed by atoms with Gasteiger partial charge in [-0.15, -0.1) is 0 Å². The highest BCUT2D eigenvalue weighted by Gasteiger charge is 2.19. The summed E-state index contributed by atoms with van der Waals surface area (Å²) in [5.41, 5.74) is 1.40. The Balaban J connectivity index is 1.72. The second kappa shape index (κ2) is 7.48. The van der Waals surface area contributed by atoms with Gasteiger partial charge in [-0.2, -0.15) is 5.10 Å². The number of nitrogens with zero attached hydrogens (tertiary/aromatic N) is 5. The third-order valence-electron chi connectivity index (χ3n) is 5.11. The third-order valence-corrected chi connectivity index (χ3v) is 5.43. The van der Waals surface area contributed by atoms with Crippen molar-refractivity contribution in [2.24, 2.45) is 0 Å². The van der Waals surface area contributed by atoms with Crippen LogP contribution in [0, 0.1) is 5.82 Å². The summed E-state index contributed by atoms with van der Waals surface area (Å²) in [5.74, 6) is 0.122. The summed E-state index contributed by atoms with van der Waals surface area (Å²) in [6.07, 6.45) is 4.64. The largest absolute Gasteiger partial charge is 0.360 e. The van der Waals surface area contributed by atoms with Gasteiger partial charge >= 0.3 is 0 Å². The molecule has 5 rings (SSSR count). The number of benzene rings is 2. The number of halogens is 2. The molecule has 0 saturated carbocycles. The first-order valence-corrected chi connectivity index (χ1v) is 9.91. The number of fused-ring (bicyclic) bond motifs is 2. The third kappa shape index (κ3) is 3.30. The molecular weight excluding hydrogens is 419 g/mol. The zero-order valence-electron chi connectivity index (χ0n) is 16.3. The Hall–Kier alpha value is -3.78. The predicted octanol–water partition coefficient (Wildman–Crippen LogP) is 4.39. The smallest absolute Gasteiger partial charge is 0.264 e. The molecule has 0 aliphatic rings. The fraction of sp³-hybridized carbons (Fsp3) is 0.0909. The van der Waals surface area contributed by atoms with E-state index in [1.54, 1.807) is 41.3 Å². The Morgan fingerprint density at radius 2 is 2.00 bits per heavy atom. The van der Waals surface area contributed by atoms with Gasteiger partial charge in [-0.1, -0.05) is 29.8 Å². The molecule has 154 valence electrons. The fourth-order valence-electron chi connectivity index (χ4n) is 3.69. The van der Waals surface area contributed by atoms with Gasteiger partial charge in [0.15, 0.2) is 5.82 Å². The normalized spacial score (nSPS) is 12.4. The lowest BCUT2D eigenvalue weighted by molar-refractivity contribution is 0.625. The Bertz CT molecular complexity index is 1490. The van der Waals surface area contributed by atoms with E-state index in [2.05, 4.69) is 20.4 Å². The van der Waals surface area contributed by atoms with Crippen molar-refractivity contribution in [2.75, 3.05) is 5.32 Å². The molecule has 0 unspecified atom stereocenters. The highest BCUT2D eigenvalue weighted by molar-refractivity contribution is 6.35. The lowest BCUT2D eigenvalue weighted by Crippen LogP contribution is -2.26. The molecule has 2 aromatic carbocycles. The lowest BCUT2D eigenvalue weighted by atomic mass is 10.1. The van der Waals surface area contributed by atoms with Crippen LogP contribution in [0.4, 0.5) is 10.2 Å². The van der Waals surface area contributed by atoms with Crippen LogP contribution in [0.5, 0.6) is 0 Å². The maximum absolute atomic E-state index is 14.0. The summed E-state index contributed by atoms with van der Waals surface area (Å²) in [4.78, 5) is 21.9. The minimum absolute atomic E-state index is 0.325. The van der Waals surface area contributed by atoms with Crippen molar-refractivity contribution in [3.05, 3.63) is 94.3 Å². The molecule has 5 aromatic rings. The van der Waals surface area contributed by atoms with E-state index in [4.69, 9.17) is 11.6 Å². The summed E-state index contributed by atoms with van der Waals surface area (Å²) in [7, 11) is 0. The van der Waals surface area contributed by atoms with Gasteiger partial charge < -0.3 is 5.32 Å². The molecule has 1 atom stereocenters. The van der Waals surface area contributed by atoms with Gasteiger partial charge in [0.25, 0.3) is 5.56 Å². The molecule has 0 aliphatic heterocycles. The van der Waals surface area contributed by atoms with Crippen LogP contribution in [0.25, 0.3) is 22.0 Å². The topological polar surface area (TPSA) is 77.1 Å². The molecule has 3 heterocycles. The predicted molar refractivity (Wildman–Crippen MR) is 117 cm³/mol. The summed E-state index contributed by atoms with van der Waals surface area (Å²) < 4.78 is 17.1. The summed E-state index contributed by atoms with van der Waals surface area (Å²) >= 11 is 6.34. The van der Waals surface area contributed by atoms with Crippen LogP contribution in [0.2, 0.25) is 5.02 Å². The van der Waals surface area contributed by atoms with E-state index in [9.17, 15) is 9.18 Å². The van der Waals surface area contributed by atoms with E-state index in [0.717, 1.165) is 0 Å². The molecule has 9 heteroatoms. The van der Waals surface area contributed by atoms with Gasteiger partial charge in [0.1, 0.15) is 24.0 Å². The van der Waals surface area contributed by atoms with Crippen molar-refractivity contribution < 1.29 is 4.39 Å². The molecule has 31 heavy (non-hydrogen) atoms. The second-order valence-electron chi connectivity index (χ2n) is 7.09. The van der Waals surface area contributed by atoms with Crippen molar-refractivity contribution in [1.82, 2.24) is 24.1 Å². The van der Waals surface area contributed by atoms with Crippen LogP contribution in [0.15, 0.2) is 72.2 Å². The highest BCUT2D eigenvalue weighted by Crippen LogP contribution is 2.27. The molecule has 7 nitrogen and oxygen atoms in total. The molecule has 0 bridgehead atoms. The van der Waals surface area contributed by atoms with Crippen LogP contribution >= 0.6 is 11.6 Å². The second-order valence-corrected chi connectivity index (χ2v) is 7.50. The van der Waals surface area contributed by atoms with Crippen molar-refractivity contribution in [3.63, 3.8) is 0 Å². The Kier molecular flexibility index (Phi) is 4.63. The van der Waals surface area contributed by atoms with Crippen molar-refractivity contribution in [1.29, 1.82) is 0 Å². The van der Waals surface area contributed by atoms with Gasteiger partial charge in [0.2, 0.25) is 0 Å². The number of aromatic nitrogens is 5. The molecule has 0 amide bonds. The van der Waals surface area contributed by atoms with Crippen molar-refractivity contribution >= 4 is 33.7 Å². The summed E-state index contributed by atoms with van der Waals surface area (Å²) in [6.45, 7) is 1.90. The first kappa shape index (κ1) is 19.2. The van der Waals surface area contributed by atoms with Crippen molar-refractivity contribution in [2.45, 2.75) is 13.0 Å². The van der Waals surface area contributed by atoms with Crippen LogP contribution < -0.4 is 10.9 Å². The van der Waals surface area contributed by atoms with E-state index in [1.165, 1.54) is 23.0 Å². The average Bonchev–Trinajstić information content (AvgIpc) is 3.23. The van der Waals surface area contributed by atoms with E-state index >= 15 is 0 Å². The van der Waals surface area contributed by atoms with Crippen molar-refractivity contribution in [3.8, 4) is 5.69 Å². The van der Waals surface area contributed by atoms with Gasteiger partial charge in [-0.25, -0.2) is 18.9 Å². The number of imidazole rings is 1. The molecule has 3 aromatic heterocycles. The number of rotatable bonds is 4. The summed E-state index contributed by atoms with van der Waals surface area (Å²) in [6, 6.07) is 12.7. The molecule has 0 fully saturated rings. The Morgan fingerprint density at radius 1 is 1.16 bits per heavy atom. The minimum Gasteiger partial charge on any atom is -0.360 e. The number of nitrogens with one attached hydrogen (secondary N) is 1. The monoisotopic (exact) mass is 434 g/mol. The first-order chi connectivity index (χ1) is 15.0. The van der Waals surface area contributed by atoms with Crippen LogP contribution in [-0.2, 0) is 0 Å². The molecular formula is C22H16ClFN6O. The van der Waals surface area contributed by atoms with E-state index in [0.29, 0.717) is 38.5 Å². The van der Waals surface area contributed by atoms with Crippen LogP contribution in [0.3, 0.4) is 0 Å². The number of hydrogen-bond acceptors (Lipinski definition) is 5. The van der Waals surface area contributed by atoms with E-state index < -0.39 is 5.82 Å². The molecule has 1 N–H and O–H groups in total. The van der Waals surface area contributed by atoms with E-state index in [-0.39, 0.29) is 11.6 Å². The maximum Gasteiger partial charge on any atom is 0.264 e.